The Kier molecular flexibility index (Phi) is 10.6. The molecular formula is C28H43N7O6. The van der Waals surface area contributed by atoms with Gasteiger partial charge in [0.25, 0.3) is 0 Å². The first-order valence-electron chi connectivity index (χ1n) is 14.2. The number of allylic oxidation sites excluding steroid dienone is 1. The monoisotopic (exact) mass is 573 g/mol. The Morgan fingerprint density at radius 1 is 1.22 bits per heavy atom. The third-order valence-corrected chi connectivity index (χ3v) is 7.29. The lowest BCUT2D eigenvalue weighted by Crippen LogP contribution is -2.56. The number of nitrogens with zero attached hydrogens (tertiary/aromatic N) is 4. The van der Waals surface area contributed by atoms with Crippen LogP contribution in [0.5, 0.6) is 0 Å². The fourth-order valence-electron chi connectivity index (χ4n) is 5.14. The minimum absolute atomic E-state index is 0.136. The highest BCUT2D eigenvalue weighted by Gasteiger charge is 2.62. The zero-order valence-electron chi connectivity index (χ0n) is 24.5. The number of alkyl carbamates (subject to hydrolysis) is 1. The number of nitrogens with one attached hydrogen (secondary N) is 3. The molecule has 41 heavy (non-hydrogen) atoms. The van der Waals surface area contributed by atoms with Gasteiger partial charge in [-0.3, -0.25) is 9.59 Å². The van der Waals surface area contributed by atoms with Crippen LogP contribution < -0.4 is 10.6 Å². The summed E-state index contributed by atoms with van der Waals surface area (Å²) in [7, 11) is 0. The maximum atomic E-state index is 14.0. The molecule has 1 aliphatic carbocycles. The number of tetrazole rings is 1. The van der Waals surface area contributed by atoms with Crippen LogP contribution in [0.4, 0.5) is 4.79 Å². The van der Waals surface area contributed by atoms with Gasteiger partial charge in [-0.05, 0) is 59.8 Å². The number of H-pyrrole nitrogens is 1. The Hall–Kier alpha value is -3.77. The Morgan fingerprint density at radius 2 is 1.98 bits per heavy atom. The molecule has 0 bridgehead atoms. The molecule has 1 saturated heterocycles. The Labute approximate surface area is 240 Å². The van der Waals surface area contributed by atoms with Crippen molar-refractivity contribution >= 4 is 23.9 Å². The molecule has 3 rings (SSSR count). The van der Waals surface area contributed by atoms with E-state index in [1.165, 1.54) is 4.90 Å². The van der Waals surface area contributed by atoms with E-state index in [1.807, 2.05) is 6.08 Å². The molecule has 5 atom stereocenters. The number of rotatable bonds is 14. The Morgan fingerprint density at radius 3 is 2.56 bits per heavy atom. The van der Waals surface area contributed by atoms with E-state index in [-0.39, 0.29) is 31.4 Å². The number of ether oxygens (including phenoxy) is 2. The molecule has 2 aliphatic rings. The van der Waals surface area contributed by atoms with Gasteiger partial charge < -0.3 is 25.0 Å². The van der Waals surface area contributed by atoms with Crippen molar-refractivity contribution in [1.29, 1.82) is 0 Å². The summed E-state index contributed by atoms with van der Waals surface area (Å²) in [5.74, 6) is -1.74. The van der Waals surface area contributed by atoms with Crippen LogP contribution >= 0.6 is 0 Å². The summed E-state index contributed by atoms with van der Waals surface area (Å²) in [6.07, 6.45) is 6.95. The Bertz CT molecular complexity index is 1100. The van der Waals surface area contributed by atoms with E-state index in [1.54, 1.807) is 33.8 Å². The minimum Gasteiger partial charge on any atom is -0.464 e. The molecule has 3 N–H and O–H groups in total. The highest BCUT2D eigenvalue weighted by Crippen LogP contribution is 2.46. The van der Waals surface area contributed by atoms with Crippen LogP contribution in [-0.2, 0) is 23.9 Å². The number of likely N-dealkylation sites (tertiary alicyclic amines) is 1. The predicted molar refractivity (Wildman–Crippen MR) is 149 cm³/mol. The molecule has 1 unspecified atom stereocenters. The molecular weight excluding hydrogens is 530 g/mol. The fraction of sp³-hybridized carbons (Fsp3) is 0.679. The lowest BCUT2D eigenvalue weighted by atomic mass is 10.0. The van der Waals surface area contributed by atoms with E-state index in [0.717, 1.165) is 19.3 Å². The number of aromatic amines is 1. The topological polar surface area (TPSA) is 168 Å². The number of carbonyl (C=O) groups is 4. The third-order valence-electron chi connectivity index (χ3n) is 7.29. The van der Waals surface area contributed by atoms with Gasteiger partial charge in [0, 0.05) is 18.4 Å². The zero-order valence-corrected chi connectivity index (χ0v) is 24.5. The van der Waals surface area contributed by atoms with Crippen LogP contribution in [0.15, 0.2) is 25.3 Å². The van der Waals surface area contributed by atoms with Crippen LogP contribution in [0.25, 0.3) is 0 Å². The molecule has 226 valence electrons. The van der Waals surface area contributed by atoms with E-state index in [9.17, 15) is 19.2 Å². The molecule has 13 nitrogen and oxygen atoms in total. The van der Waals surface area contributed by atoms with E-state index in [2.05, 4.69) is 44.4 Å². The SMILES string of the molecule is C=CCCCCC[C@H](NC(=O)OC(C)(C)C)C(=O)N1C[C@H](c2nn[nH]n2)C[C@H]1C(=O)NC1(C(=O)OCC)C[C@H]1C=C. The quantitative estimate of drug-likeness (QED) is 0.172. The standard InChI is InChI=1S/C28H43N7O6/c1-7-10-11-12-13-14-20(29-26(39)41-27(4,5)6)24(37)35-17-18(22-31-33-34-32-22)15-21(35)23(36)30-28(16-19(28)8-2)25(38)40-9-3/h7-8,18-21H,1-2,9-17H2,3-6H3,(H,29,39)(H,30,36)(H,31,32,33,34)/t18-,19-,20+,21+,28?/m1/s1. The maximum Gasteiger partial charge on any atom is 0.408 e. The molecule has 1 aromatic heterocycles. The second kappa shape index (κ2) is 13.7. The average molecular weight is 574 g/mol. The molecule has 2 fully saturated rings. The molecule has 0 radical (unpaired) electrons. The second-order valence-corrected chi connectivity index (χ2v) is 11.6. The van der Waals surface area contributed by atoms with Crippen molar-refractivity contribution in [2.75, 3.05) is 13.2 Å². The number of amides is 3. The van der Waals surface area contributed by atoms with Crippen LogP contribution in [0.3, 0.4) is 0 Å². The van der Waals surface area contributed by atoms with Crippen LogP contribution in [0.2, 0.25) is 0 Å². The minimum atomic E-state index is -1.22. The van der Waals surface area contributed by atoms with Gasteiger partial charge in [-0.15, -0.1) is 23.4 Å². The van der Waals surface area contributed by atoms with E-state index >= 15 is 0 Å². The van der Waals surface area contributed by atoms with Crippen molar-refractivity contribution in [3.63, 3.8) is 0 Å². The maximum absolute atomic E-state index is 14.0. The Balaban J connectivity index is 1.84. The van der Waals surface area contributed by atoms with Crippen molar-refractivity contribution in [3.05, 3.63) is 31.1 Å². The first kappa shape index (κ1) is 31.8. The first-order chi connectivity index (χ1) is 19.5. The number of hydrogen-bond donors (Lipinski definition) is 3. The van der Waals surface area contributed by atoms with Gasteiger partial charge in [-0.1, -0.05) is 30.2 Å². The first-order valence-corrected chi connectivity index (χ1v) is 14.2. The van der Waals surface area contributed by atoms with Gasteiger partial charge in [0.1, 0.15) is 23.2 Å². The van der Waals surface area contributed by atoms with Crippen LogP contribution in [0.1, 0.15) is 84.4 Å². The second-order valence-electron chi connectivity index (χ2n) is 11.6. The summed E-state index contributed by atoms with van der Waals surface area (Å²) in [5.41, 5.74) is -1.97. The van der Waals surface area contributed by atoms with Gasteiger partial charge in [-0.2, -0.15) is 5.21 Å². The molecule has 13 heteroatoms. The molecule has 0 aromatic carbocycles. The average Bonchev–Trinajstić information content (AvgIpc) is 3.24. The molecule has 1 aromatic rings. The van der Waals surface area contributed by atoms with Crippen LogP contribution in [0, 0.1) is 5.92 Å². The fourth-order valence-corrected chi connectivity index (χ4v) is 5.14. The lowest BCUT2D eigenvalue weighted by Gasteiger charge is -2.30. The zero-order chi connectivity index (χ0) is 30.2. The highest BCUT2D eigenvalue weighted by atomic mass is 16.6. The third kappa shape index (κ3) is 8.14. The highest BCUT2D eigenvalue weighted by molar-refractivity contribution is 5.96. The smallest absolute Gasteiger partial charge is 0.408 e. The lowest BCUT2D eigenvalue weighted by molar-refractivity contribution is -0.150. The van der Waals surface area contributed by atoms with E-state index < -0.39 is 47.1 Å². The van der Waals surface area contributed by atoms with Gasteiger partial charge >= 0.3 is 12.1 Å². The van der Waals surface area contributed by atoms with Crippen molar-refractivity contribution in [1.82, 2.24) is 36.2 Å². The van der Waals surface area contributed by atoms with Gasteiger partial charge in [0.05, 0.1) is 6.61 Å². The van der Waals surface area contributed by atoms with Gasteiger partial charge in [0.2, 0.25) is 11.8 Å². The van der Waals surface area contributed by atoms with Crippen molar-refractivity contribution in [2.24, 2.45) is 5.92 Å². The summed E-state index contributed by atoms with van der Waals surface area (Å²) in [4.78, 5) is 54.7. The number of unbranched alkanes of at least 4 members (excludes halogenated alkanes) is 3. The summed E-state index contributed by atoms with van der Waals surface area (Å²) < 4.78 is 10.7. The van der Waals surface area contributed by atoms with Crippen LogP contribution in [-0.4, -0.2) is 85.8 Å². The molecule has 1 saturated carbocycles. The number of esters is 1. The number of hydrogen-bond acceptors (Lipinski definition) is 9. The largest absolute Gasteiger partial charge is 0.464 e. The van der Waals surface area contributed by atoms with Crippen molar-refractivity contribution < 1.29 is 28.7 Å². The van der Waals surface area contributed by atoms with Gasteiger partial charge in [0.15, 0.2) is 5.82 Å². The normalized spacial score (nSPS) is 24.2. The predicted octanol–water partition coefficient (Wildman–Crippen LogP) is 2.54. The van der Waals surface area contributed by atoms with E-state index in [0.29, 0.717) is 25.1 Å². The summed E-state index contributed by atoms with van der Waals surface area (Å²) in [6.45, 7) is 14.7. The number of carbonyl (C=O) groups excluding carboxylic acids is 4. The summed E-state index contributed by atoms with van der Waals surface area (Å²) in [6, 6.07) is -1.86. The molecule has 3 amide bonds. The summed E-state index contributed by atoms with van der Waals surface area (Å²) >= 11 is 0. The molecule has 1 aliphatic heterocycles. The van der Waals surface area contributed by atoms with Crippen molar-refractivity contribution in [3.8, 4) is 0 Å². The number of aromatic nitrogens is 4. The van der Waals surface area contributed by atoms with Gasteiger partial charge in [-0.25, -0.2) is 9.59 Å². The molecule has 0 spiro atoms. The van der Waals surface area contributed by atoms with Crippen molar-refractivity contribution in [2.45, 2.75) is 102 Å². The molecule has 2 heterocycles. The van der Waals surface area contributed by atoms with E-state index in [4.69, 9.17) is 9.47 Å². The summed E-state index contributed by atoms with van der Waals surface area (Å²) in [5, 5.41) is 19.7.